The minimum absolute atomic E-state index is 0.0499. The van der Waals surface area contributed by atoms with E-state index >= 15 is 0 Å². The fraction of sp³-hybridized carbons (Fsp3) is 0.588. The lowest BCUT2D eigenvalue weighted by Gasteiger charge is -2.20. The lowest BCUT2D eigenvalue weighted by atomic mass is 9.94. The van der Waals surface area contributed by atoms with Crippen molar-refractivity contribution >= 4 is 5.97 Å². The number of halogens is 1. The van der Waals surface area contributed by atoms with Crippen molar-refractivity contribution in [2.24, 2.45) is 5.92 Å². The Labute approximate surface area is 119 Å². The second-order valence-corrected chi connectivity index (χ2v) is 7.15. The first kappa shape index (κ1) is 13.6. The van der Waals surface area contributed by atoms with Gasteiger partial charge in [-0.1, -0.05) is 6.07 Å². The first-order valence-corrected chi connectivity index (χ1v) is 7.31. The van der Waals surface area contributed by atoms with Gasteiger partial charge in [-0.3, -0.25) is 4.79 Å². The Balaban J connectivity index is 1.71. The molecule has 2 aliphatic rings. The van der Waals surface area contributed by atoms with E-state index in [4.69, 9.17) is 4.74 Å². The molecule has 0 heterocycles. The van der Waals surface area contributed by atoms with Crippen molar-refractivity contribution in [2.45, 2.75) is 57.5 Å². The van der Waals surface area contributed by atoms with E-state index in [1.54, 1.807) is 6.07 Å². The molecule has 0 aromatic heterocycles. The summed E-state index contributed by atoms with van der Waals surface area (Å²) in [5.41, 5.74) is 2.00. The summed E-state index contributed by atoms with van der Waals surface area (Å²) in [4.78, 5) is 11.9. The number of hydrogen-bond acceptors (Lipinski definition) is 2. The van der Waals surface area contributed by atoms with Crippen LogP contribution in [0.25, 0.3) is 0 Å². The number of hydrogen-bond donors (Lipinski definition) is 0. The molecule has 0 aliphatic heterocycles. The number of carbonyl (C=O) groups is 1. The van der Waals surface area contributed by atoms with Crippen LogP contribution in [0.4, 0.5) is 4.39 Å². The first-order valence-electron chi connectivity index (χ1n) is 7.31. The maximum absolute atomic E-state index is 13.5. The van der Waals surface area contributed by atoms with Gasteiger partial charge >= 0.3 is 5.97 Å². The van der Waals surface area contributed by atoms with Gasteiger partial charge in [-0.15, -0.1) is 0 Å². The van der Waals surface area contributed by atoms with Gasteiger partial charge in [0, 0.05) is 6.42 Å². The predicted octanol–water partition coefficient (Wildman–Crippen LogP) is 3.76. The Hall–Kier alpha value is -1.38. The number of benzene rings is 1. The minimum atomic E-state index is -0.432. The highest BCUT2D eigenvalue weighted by atomic mass is 19.1. The molecule has 2 unspecified atom stereocenters. The normalized spacial score (nSPS) is 27.5. The van der Waals surface area contributed by atoms with Crippen molar-refractivity contribution in [3.8, 4) is 0 Å². The monoisotopic (exact) mass is 276 g/mol. The highest BCUT2D eigenvalue weighted by Crippen LogP contribution is 2.62. The van der Waals surface area contributed by atoms with Gasteiger partial charge < -0.3 is 4.74 Å². The number of rotatable bonds is 2. The van der Waals surface area contributed by atoms with E-state index in [0.29, 0.717) is 12.3 Å². The van der Waals surface area contributed by atoms with E-state index in [-0.39, 0.29) is 17.2 Å². The van der Waals surface area contributed by atoms with Crippen molar-refractivity contribution in [3.05, 3.63) is 35.1 Å². The molecule has 2 atom stereocenters. The fourth-order valence-corrected chi connectivity index (χ4v) is 3.59. The van der Waals surface area contributed by atoms with Crippen LogP contribution in [0.2, 0.25) is 0 Å². The third-order valence-electron chi connectivity index (χ3n) is 4.51. The molecule has 0 bridgehead atoms. The molecule has 3 rings (SSSR count). The SMILES string of the molecule is CC(C)(C)OC(=O)CC1CC12CCc1ccc(F)cc12. The van der Waals surface area contributed by atoms with E-state index in [2.05, 4.69) is 0 Å². The lowest BCUT2D eigenvalue weighted by Crippen LogP contribution is -2.24. The summed E-state index contributed by atoms with van der Waals surface area (Å²) in [5, 5.41) is 0. The Morgan fingerprint density at radius 1 is 1.45 bits per heavy atom. The highest BCUT2D eigenvalue weighted by molar-refractivity contribution is 5.71. The third-order valence-corrected chi connectivity index (χ3v) is 4.51. The van der Waals surface area contributed by atoms with Gasteiger partial charge in [0.2, 0.25) is 0 Å². The van der Waals surface area contributed by atoms with Gasteiger partial charge in [-0.2, -0.15) is 0 Å². The number of fused-ring (bicyclic) bond motifs is 2. The van der Waals surface area contributed by atoms with E-state index < -0.39 is 5.60 Å². The van der Waals surface area contributed by atoms with Crippen LogP contribution in [0.5, 0.6) is 0 Å². The van der Waals surface area contributed by atoms with Crippen molar-refractivity contribution in [1.29, 1.82) is 0 Å². The van der Waals surface area contributed by atoms with E-state index in [9.17, 15) is 9.18 Å². The largest absolute Gasteiger partial charge is 0.460 e. The van der Waals surface area contributed by atoms with Gasteiger partial charge in [0.25, 0.3) is 0 Å². The zero-order chi connectivity index (χ0) is 14.5. The van der Waals surface area contributed by atoms with Gasteiger partial charge in [-0.05, 0) is 74.6 Å². The predicted molar refractivity (Wildman–Crippen MR) is 75.0 cm³/mol. The summed E-state index contributed by atoms with van der Waals surface area (Å²) >= 11 is 0. The van der Waals surface area contributed by atoms with E-state index in [0.717, 1.165) is 24.8 Å². The number of carbonyl (C=O) groups excluding carboxylic acids is 1. The minimum Gasteiger partial charge on any atom is -0.460 e. The molecular weight excluding hydrogens is 255 g/mol. The lowest BCUT2D eigenvalue weighted by molar-refractivity contribution is -0.155. The summed E-state index contributed by atoms with van der Waals surface area (Å²) in [6.45, 7) is 5.65. The topological polar surface area (TPSA) is 26.3 Å². The summed E-state index contributed by atoms with van der Waals surface area (Å²) < 4.78 is 18.8. The van der Waals surface area contributed by atoms with E-state index in [1.807, 2.05) is 26.8 Å². The van der Waals surface area contributed by atoms with Gasteiger partial charge in [-0.25, -0.2) is 4.39 Å². The maximum atomic E-state index is 13.5. The Kier molecular flexibility index (Phi) is 2.93. The van der Waals surface area contributed by atoms with Crippen LogP contribution in [0.3, 0.4) is 0 Å². The van der Waals surface area contributed by atoms with Gasteiger partial charge in [0.05, 0.1) is 0 Å². The van der Waals surface area contributed by atoms with Crippen LogP contribution in [0, 0.1) is 11.7 Å². The maximum Gasteiger partial charge on any atom is 0.306 e. The molecule has 2 nitrogen and oxygen atoms in total. The van der Waals surface area contributed by atoms with Crippen LogP contribution in [0.15, 0.2) is 18.2 Å². The van der Waals surface area contributed by atoms with Crippen LogP contribution in [-0.2, 0) is 21.4 Å². The van der Waals surface area contributed by atoms with Crippen molar-refractivity contribution in [2.75, 3.05) is 0 Å². The Morgan fingerprint density at radius 2 is 2.20 bits per heavy atom. The van der Waals surface area contributed by atoms with Crippen LogP contribution in [-0.4, -0.2) is 11.6 Å². The second-order valence-electron chi connectivity index (χ2n) is 7.15. The smallest absolute Gasteiger partial charge is 0.306 e. The molecule has 108 valence electrons. The molecule has 1 aromatic carbocycles. The average Bonchev–Trinajstić information content (AvgIpc) is 2.86. The summed E-state index contributed by atoms with van der Waals surface area (Å²) in [6.07, 6.45) is 3.48. The van der Waals surface area contributed by atoms with Crippen LogP contribution in [0.1, 0.15) is 51.2 Å². The van der Waals surface area contributed by atoms with Crippen LogP contribution < -0.4 is 0 Å². The highest BCUT2D eigenvalue weighted by Gasteiger charge is 2.58. The molecule has 2 aliphatic carbocycles. The Morgan fingerprint density at radius 3 is 2.90 bits per heavy atom. The molecule has 0 saturated heterocycles. The van der Waals surface area contributed by atoms with Crippen molar-refractivity contribution < 1.29 is 13.9 Å². The zero-order valence-corrected chi connectivity index (χ0v) is 12.3. The summed E-state index contributed by atoms with van der Waals surface area (Å²) in [6, 6.07) is 5.09. The van der Waals surface area contributed by atoms with Gasteiger partial charge in [0.15, 0.2) is 0 Å². The number of aryl methyl sites for hydroxylation is 1. The zero-order valence-electron chi connectivity index (χ0n) is 12.3. The average molecular weight is 276 g/mol. The standard InChI is InChI=1S/C17H21FO2/c1-16(2,3)20-15(19)8-12-10-17(12)7-6-11-4-5-13(18)9-14(11)17/h4-5,9,12H,6-8,10H2,1-3H3. The Bertz CT molecular complexity index is 559. The molecule has 0 N–H and O–H groups in total. The molecule has 0 radical (unpaired) electrons. The number of esters is 1. The molecular formula is C17H21FO2. The molecule has 20 heavy (non-hydrogen) atoms. The van der Waals surface area contributed by atoms with Gasteiger partial charge in [0.1, 0.15) is 11.4 Å². The quantitative estimate of drug-likeness (QED) is 0.769. The second kappa shape index (κ2) is 4.31. The summed E-state index contributed by atoms with van der Waals surface area (Å²) in [5.74, 6) is 0.0116. The molecule has 1 saturated carbocycles. The third kappa shape index (κ3) is 2.34. The first-order chi connectivity index (χ1) is 9.30. The van der Waals surface area contributed by atoms with Crippen molar-refractivity contribution in [3.63, 3.8) is 0 Å². The number of ether oxygens (including phenoxy) is 1. The molecule has 3 heteroatoms. The molecule has 1 fully saturated rings. The summed E-state index contributed by atoms with van der Waals surface area (Å²) in [7, 11) is 0. The molecule has 1 aromatic rings. The fourth-order valence-electron chi connectivity index (χ4n) is 3.59. The molecule has 0 amide bonds. The van der Waals surface area contributed by atoms with E-state index in [1.165, 1.54) is 11.6 Å². The van der Waals surface area contributed by atoms with Crippen LogP contribution >= 0.6 is 0 Å². The van der Waals surface area contributed by atoms with Crippen molar-refractivity contribution in [1.82, 2.24) is 0 Å². The molecule has 1 spiro atoms.